The summed E-state index contributed by atoms with van der Waals surface area (Å²) in [5.74, 6) is -3.67. The number of carbonyl (C=O) groups is 2. The molecule has 0 atom stereocenters. The maximum Gasteiger partial charge on any atom is 0.573 e. The van der Waals surface area contributed by atoms with Crippen LogP contribution < -0.4 is 20.5 Å². The molecule has 0 bridgehead atoms. The van der Waals surface area contributed by atoms with E-state index in [-0.39, 0.29) is 27.9 Å². The van der Waals surface area contributed by atoms with Gasteiger partial charge < -0.3 is 20.5 Å². The molecule has 3 N–H and O–H groups in total. The van der Waals surface area contributed by atoms with Gasteiger partial charge in [-0.05, 0) is 48.5 Å². The molecule has 0 saturated carbocycles. The van der Waals surface area contributed by atoms with Crippen molar-refractivity contribution in [1.82, 2.24) is 4.98 Å². The van der Waals surface area contributed by atoms with Gasteiger partial charge in [0.1, 0.15) is 28.5 Å². The molecule has 2 aromatic carbocycles. The van der Waals surface area contributed by atoms with Gasteiger partial charge >= 0.3 is 6.36 Å². The zero-order valence-electron chi connectivity index (χ0n) is 15.7. The summed E-state index contributed by atoms with van der Waals surface area (Å²) < 4.78 is 60.7. The van der Waals surface area contributed by atoms with Gasteiger partial charge in [0, 0.05) is 11.9 Å². The van der Waals surface area contributed by atoms with Crippen molar-refractivity contribution in [2.24, 2.45) is 5.73 Å². The van der Waals surface area contributed by atoms with Gasteiger partial charge in [0.15, 0.2) is 5.82 Å². The summed E-state index contributed by atoms with van der Waals surface area (Å²) in [7, 11) is 0. The van der Waals surface area contributed by atoms with Gasteiger partial charge in [-0.15, -0.1) is 13.2 Å². The fraction of sp³-hybridized carbons (Fsp3) is 0.0500. The Hall–Kier alpha value is -3.86. The number of rotatable bonds is 6. The minimum Gasteiger partial charge on any atom is -0.456 e. The Balaban J connectivity index is 1.87. The number of primary amides is 1. The topological polar surface area (TPSA) is 104 Å². The molecule has 0 fully saturated rings. The lowest BCUT2D eigenvalue weighted by Crippen LogP contribution is -2.17. The smallest absolute Gasteiger partial charge is 0.456 e. The van der Waals surface area contributed by atoms with Crippen molar-refractivity contribution >= 4 is 29.1 Å². The summed E-state index contributed by atoms with van der Waals surface area (Å²) >= 11 is 5.78. The SMILES string of the molecule is NC(=O)c1cc(NC(=O)c2c(Oc3ccc(OC(F)(F)F)cc3)ccc(Cl)c2F)ccn1. The van der Waals surface area contributed by atoms with E-state index in [2.05, 4.69) is 15.0 Å². The van der Waals surface area contributed by atoms with Crippen LogP contribution in [0.15, 0.2) is 54.7 Å². The van der Waals surface area contributed by atoms with E-state index < -0.39 is 35.3 Å². The molecule has 7 nitrogen and oxygen atoms in total. The summed E-state index contributed by atoms with van der Waals surface area (Å²) in [5.41, 5.74) is 4.52. The average molecular weight is 470 g/mol. The Kier molecular flexibility index (Phi) is 6.49. The quantitative estimate of drug-likeness (QED) is 0.499. The molecule has 32 heavy (non-hydrogen) atoms. The summed E-state index contributed by atoms with van der Waals surface area (Å²) in [4.78, 5) is 27.7. The molecule has 0 saturated heterocycles. The first kappa shape index (κ1) is 22.8. The fourth-order valence-corrected chi connectivity index (χ4v) is 2.66. The van der Waals surface area contributed by atoms with Crippen molar-refractivity contribution in [2.75, 3.05) is 5.32 Å². The predicted molar refractivity (Wildman–Crippen MR) is 105 cm³/mol. The summed E-state index contributed by atoms with van der Waals surface area (Å²) in [6.07, 6.45) is -3.65. The Labute approximate surface area is 182 Å². The van der Waals surface area contributed by atoms with Crippen LogP contribution >= 0.6 is 11.6 Å². The van der Waals surface area contributed by atoms with Crippen LogP contribution in [0.5, 0.6) is 17.2 Å². The van der Waals surface area contributed by atoms with Crippen molar-refractivity contribution in [3.8, 4) is 17.2 Å². The summed E-state index contributed by atoms with van der Waals surface area (Å²) in [6, 6.07) is 9.11. The normalized spacial score (nSPS) is 11.0. The number of nitrogens with zero attached hydrogens (tertiary/aromatic N) is 1. The first-order chi connectivity index (χ1) is 15.0. The number of anilines is 1. The van der Waals surface area contributed by atoms with Crippen LogP contribution in [0.25, 0.3) is 0 Å². The lowest BCUT2D eigenvalue weighted by molar-refractivity contribution is -0.274. The molecule has 12 heteroatoms. The second-order valence-corrected chi connectivity index (χ2v) is 6.51. The van der Waals surface area contributed by atoms with Crippen LogP contribution in [0.4, 0.5) is 23.2 Å². The molecule has 1 aromatic heterocycles. The lowest BCUT2D eigenvalue weighted by atomic mass is 10.1. The largest absolute Gasteiger partial charge is 0.573 e. The number of hydrogen-bond acceptors (Lipinski definition) is 5. The summed E-state index contributed by atoms with van der Waals surface area (Å²) in [5, 5.41) is 2.00. The van der Waals surface area contributed by atoms with E-state index in [1.165, 1.54) is 24.4 Å². The standard InChI is InChI=1S/C20H12ClF4N3O4/c21-13-5-6-15(31-11-1-3-12(4-2-11)32-20(23,24)25)16(17(13)22)19(30)28-10-7-8-27-14(9-10)18(26)29/h1-9H,(H2,26,29)(H,27,28,30). The Morgan fingerprint density at radius 3 is 2.31 bits per heavy atom. The number of nitrogens with two attached hydrogens (primary N) is 1. The van der Waals surface area contributed by atoms with Gasteiger partial charge in [-0.1, -0.05) is 11.6 Å². The fourth-order valence-electron chi connectivity index (χ4n) is 2.50. The van der Waals surface area contributed by atoms with Crippen LogP contribution in [0.2, 0.25) is 5.02 Å². The van der Waals surface area contributed by atoms with Crippen LogP contribution in [0.1, 0.15) is 20.8 Å². The molecule has 3 rings (SSSR count). The second kappa shape index (κ2) is 9.10. The molecule has 0 radical (unpaired) electrons. The van der Waals surface area contributed by atoms with Crippen LogP contribution in [0.3, 0.4) is 0 Å². The number of ether oxygens (including phenoxy) is 2. The average Bonchev–Trinajstić information content (AvgIpc) is 2.71. The van der Waals surface area contributed by atoms with Gasteiger partial charge in [0.05, 0.1) is 5.02 Å². The maximum atomic E-state index is 14.7. The van der Waals surface area contributed by atoms with E-state index in [1.54, 1.807) is 0 Å². The third kappa shape index (κ3) is 5.64. The number of hydrogen-bond donors (Lipinski definition) is 2. The zero-order valence-corrected chi connectivity index (χ0v) is 16.5. The van der Waals surface area contributed by atoms with Gasteiger partial charge in [0.25, 0.3) is 11.8 Å². The molecule has 0 spiro atoms. The third-order valence-electron chi connectivity index (χ3n) is 3.84. The highest BCUT2D eigenvalue weighted by Gasteiger charge is 2.31. The number of carbonyl (C=O) groups excluding carboxylic acids is 2. The molecule has 166 valence electrons. The Morgan fingerprint density at radius 1 is 1.03 bits per heavy atom. The Morgan fingerprint density at radius 2 is 1.69 bits per heavy atom. The zero-order chi connectivity index (χ0) is 23.5. The maximum absolute atomic E-state index is 14.7. The minimum atomic E-state index is -4.87. The van der Waals surface area contributed by atoms with Crippen molar-refractivity contribution in [1.29, 1.82) is 0 Å². The van der Waals surface area contributed by atoms with Crippen LogP contribution in [-0.2, 0) is 0 Å². The first-order valence-corrected chi connectivity index (χ1v) is 9.00. The number of benzene rings is 2. The van der Waals surface area contributed by atoms with E-state index in [0.29, 0.717) is 0 Å². The molecule has 0 aliphatic carbocycles. The van der Waals surface area contributed by atoms with Crippen molar-refractivity contribution < 1.29 is 36.6 Å². The van der Waals surface area contributed by atoms with E-state index >= 15 is 0 Å². The first-order valence-electron chi connectivity index (χ1n) is 8.62. The minimum absolute atomic E-state index is 0.00442. The molecular weight excluding hydrogens is 458 g/mol. The highest BCUT2D eigenvalue weighted by Crippen LogP contribution is 2.33. The van der Waals surface area contributed by atoms with Crippen molar-refractivity contribution in [2.45, 2.75) is 6.36 Å². The van der Waals surface area contributed by atoms with E-state index in [4.69, 9.17) is 22.1 Å². The predicted octanol–water partition coefficient (Wildman–Crippen LogP) is 4.92. The molecular formula is C20H12ClF4N3O4. The highest BCUT2D eigenvalue weighted by atomic mass is 35.5. The van der Waals surface area contributed by atoms with Crippen LogP contribution in [-0.4, -0.2) is 23.2 Å². The van der Waals surface area contributed by atoms with Crippen molar-refractivity contribution in [3.05, 3.63) is 76.8 Å². The van der Waals surface area contributed by atoms with Gasteiger partial charge in [0.2, 0.25) is 0 Å². The lowest BCUT2D eigenvalue weighted by Gasteiger charge is -2.14. The number of halogens is 5. The molecule has 3 aromatic rings. The van der Waals surface area contributed by atoms with Gasteiger partial charge in [-0.3, -0.25) is 14.6 Å². The number of pyridine rings is 1. The Bertz CT molecular complexity index is 1170. The van der Waals surface area contributed by atoms with Gasteiger partial charge in [-0.2, -0.15) is 0 Å². The third-order valence-corrected chi connectivity index (χ3v) is 4.13. The molecule has 0 unspecified atom stereocenters. The van der Waals surface area contributed by atoms with E-state index in [9.17, 15) is 27.2 Å². The molecule has 0 aliphatic rings. The highest BCUT2D eigenvalue weighted by molar-refractivity contribution is 6.31. The molecule has 2 amide bonds. The molecule has 0 aliphatic heterocycles. The number of nitrogens with one attached hydrogen (secondary N) is 1. The van der Waals surface area contributed by atoms with Gasteiger partial charge in [-0.25, -0.2) is 4.39 Å². The monoisotopic (exact) mass is 469 g/mol. The van der Waals surface area contributed by atoms with Crippen LogP contribution in [0, 0.1) is 5.82 Å². The molecule has 1 heterocycles. The second-order valence-electron chi connectivity index (χ2n) is 6.10. The number of amides is 2. The van der Waals surface area contributed by atoms with Crippen molar-refractivity contribution in [3.63, 3.8) is 0 Å². The van der Waals surface area contributed by atoms with E-state index in [1.807, 2.05) is 0 Å². The van der Waals surface area contributed by atoms with E-state index in [0.717, 1.165) is 30.3 Å². The number of alkyl halides is 3. The number of aromatic nitrogens is 1. The summed E-state index contributed by atoms with van der Waals surface area (Å²) in [6.45, 7) is 0.